The number of allylic oxidation sites excluding steroid dienone is 1. The lowest BCUT2D eigenvalue weighted by Gasteiger charge is -2.22. The average molecular weight is 478 g/mol. The summed E-state index contributed by atoms with van der Waals surface area (Å²) in [4.78, 5) is 19.3. The van der Waals surface area contributed by atoms with Crippen molar-refractivity contribution in [2.75, 3.05) is 19.8 Å². The van der Waals surface area contributed by atoms with Gasteiger partial charge in [-0.25, -0.2) is 0 Å². The summed E-state index contributed by atoms with van der Waals surface area (Å²) in [6.07, 6.45) is 3.47. The molecule has 0 bridgehead atoms. The molecule has 8 heteroatoms. The summed E-state index contributed by atoms with van der Waals surface area (Å²) >= 11 is 1.39. The Balaban J connectivity index is 1.45. The summed E-state index contributed by atoms with van der Waals surface area (Å²) in [6.45, 7) is 9.16. The van der Waals surface area contributed by atoms with Gasteiger partial charge in [0.2, 0.25) is 0 Å². The summed E-state index contributed by atoms with van der Waals surface area (Å²) in [7, 11) is 0. The average Bonchev–Trinajstić information content (AvgIpc) is 3.18. The highest BCUT2D eigenvalue weighted by atomic mass is 32.2. The van der Waals surface area contributed by atoms with Crippen molar-refractivity contribution in [1.82, 2.24) is 4.90 Å². The number of hydrogen-bond acceptors (Lipinski definition) is 6. The molecule has 0 spiro atoms. The fourth-order valence-corrected chi connectivity index (χ4v) is 4.30. The van der Waals surface area contributed by atoms with E-state index in [4.69, 9.17) is 19.6 Å². The zero-order valence-electron chi connectivity index (χ0n) is 19.7. The normalized spacial score (nSPS) is 16.4. The van der Waals surface area contributed by atoms with Crippen LogP contribution in [0.1, 0.15) is 30.5 Å². The fourth-order valence-electron chi connectivity index (χ4n) is 3.49. The monoisotopic (exact) mass is 477 g/mol. The Labute approximate surface area is 203 Å². The quantitative estimate of drug-likeness (QED) is 0.409. The van der Waals surface area contributed by atoms with Crippen molar-refractivity contribution < 1.29 is 19.0 Å². The molecule has 0 aromatic heterocycles. The van der Waals surface area contributed by atoms with E-state index in [-0.39, 0.29) is 11.4 Å². The molecule has 34 heavy (non-hydrogen) atoms. The fraction of sp³-hybridized carbons (Fsp3) is 0.269. The number of amidine groups is 2. The molecule has 0 saturated heterocycles. The Morgan fingerprint density at radius 1 is 1.00 bits per heavy atom. The second kappa shape index (κ2) is 10.2. The number of carbonyl (C=O) groups is 1. The largest absolute Gasteiger partial charge is 0.490 e. The van der Waals surface area contributed by atoms with Crippen molar-refractivity contribution in [3.8, 4) is 17.2 Å². The molecule has 1 amide bonds. The molecule has 4 rings (SSSR count). The van der Waals surface area contributed by atoms with Crippen LogP contribution in [0.15, 0.2) is 58.1 Å². The van der Waals surface area contributed by atoms with E-state index in [2.05, 4.69) is 18.8 Å². The molecule has 2 aromatic carbocycles. The zero-order valence-corrected chi connectivity index (χ0v) is 20.5. The number of fused-ring (bicyclic) bond motifs is 1. The lowest BCUT2D eigenvalue weighted by molar-refractivity contribution is -0.114. The van der Waals surface area contributed by atoms with Gasteiger partial charge in [0, 0.05) is 11.1 Å². The number of aliphatic imine (C=N–C) groups is 1. The first-order chi connectivity index (χ1) is 16.4. The van der Waals surface area contributed by atoms with E-state index in [9.17, 15) is 4.79 Å². The Hall–Kier alpha value is -3.52. The van der Waals surface area contributed by atoms with Crippen molar-refractivity contribution >= 4 is 34.7 Å². The van der Waals surface area contributed by atoms with Crippen LogP contribution in [0.5, 0.6) is 17.2 Å². The van der Waals surface area contributed by atoms with Crippen LogP contribution in [-0.4, -0.2) is 41.6 Å². The maximum atomic E-state index is 12.5. The molecule has 176 valence electrons. The summed E-state index contributed by atoms with van der Waals surface area (Å²) in [6, 6.07) is 11.4. The summed E-state index contributed by atoms with van der Waals surface area (Å²) in [5.41, 5.74) is 3.36. The maximum absolute atomic E-state index is 12.5. The van der Waals surface area contributed by atoms with E-state index in [1.54, 1.807) is 23.1 Å². The Kier molecular flexibility index (Phi) is 7.07. The number of carbonyl (C=O) groups excluding carboxylic acids is 1. The van der Waals surface area contributed by atoms with E-state index in [1.807, 2.05) is 44.3 Å². The van der Waals surface area contributed by atoms with Gasteiger partial charge in [-0.3, -0.25) is 15.1 Å². The van der Waals surface area contributed by atoms with Gasteiger partial charge < -0.3 is 14.2 Å². The van der Waals surface area contributed by atoms with Gasteiger partial charge in [0.25, 0.3) is 5.91 Å². The summed E-state index contributed by atoms with van der Waals surface area (Å²) in [5.74, 6) is 1.65. The smallest absolute Gasteiger partial charge is 0.283 e. The number of hydrogen-bond donors (Lipinski definition) is 1. The molecule has 2 heterocycles. The molecule has 2 aliphatic heterocycles. The van der Waals surface area contributed by atoms with E-state index in [1.165, 1.54) is 22.9 Å². The molecule has 0 saturated carbocycles. The third-order valence-electron chi connectivity index (χ3n) is 5.36. The Bertz CT molecular complexity index is 1230. The van der Waals surface area contributed by atoms with Crippen LogP contribution >= 0.6 is 11.8 Å². The molecular formula is C26H27N3O4S. The highest BCUT2D eigenvalue weighted by Gasteiger charge is 2.32. The summed E-state index contributed by atoms with van der Waals surface area (Å²) in [5, 5.41) is 8.98. The SMILES string of the molecule is CCOc1cc(/C=C2/C(=N)N3C=C(C)SC3=NC2=O)ccc1OCCOc1ccc(C)c(C)c1. The topological polar surface area (TPSA) is 84.2 Å². The van der Waals surface area contributed by atoms with Crippen LogP contribution in [0.4, 0.5) is 0 Å². The van der Waals surface area contributed by atoms with E-state index < -0.39 is 5.91 Å². The van der Waals surface area contributed by atoms with Crippen molar-refractivity contribution in [3.63, 3.8) is 0 Å². The predicted molar refractivity (Wildman–Crippen MR) is 136 cm³/mol. The summed E-state index contributed by atoms with van der Waals surface area (Å²) < 4.78 is 17.5. The molecule has 1 N–H and O–H groups in total. The number of thioether (sulfide) groups is 1. The number of nitrogens with one attached hydrogen (secondary N) is 1. The highest BCUT2D eigenvalue weighted by molar-refractivity contribution is 8.17. The minimum absolute atomic E-state index is 0.112. The van der Waals surface area contributed by atoms with Gasteiger partial charge in [-0.15, -0.1) is 0 Å². The Morgan fingerprint density at radius 2 is 1.79 bits per heavy atom. The van der Waals surface area contributed by atoms with Gasteiger partial charge in [-0.1, -0.05) is 23.9 Å². The molecule has 7 nitrogen and oxygen atoms in total. The van der Waals surface area contributed by atoms with E-state index in [0.717, 1.165) is 16.2 Å². The van der Waals surface area contributed by atoms with Gasteiger partial charge in [0.05, 0.1) is 12.2 Å². The second-order valence-electron chi connectivity index (χ2n) is 7.90. The molecule has 2 aliphatic rings. The van der Waals surface area contributed by atoms with Crippen molar-refractivity contribution in [1.29, 1.82) is 5.41 Å². The van der Waals surface area contributed by atoms with Gasteiger partial charge >= 0.3 is 0 Å². The van der Waals surface area contributed by atoms with Gasteiger partial charge in [-0.2, -0.15) is 4.99 Å². The van der Waals surface area contributed by atoms with E-state index in [0.29, 0.717) is 36.5 Å². The van der Waals surface area contributed by atoms with Gasteiger partial charge in [0.1, 0.15) is 24.8 Å². The molecule has 0 fully saturated rings. The predicted octanol–water partition coefficient (Wildman–Crippen LogP) is 5.33. The van der Waals surface area contributed by atoms with Crippen molar-refractivity contribution in [2.45, 2.75) is 27.7 Å². The number of benzene rings is 2. The number of ether oxygens (including phenoxy) is 3. The van der Waals surface area contributed by atoms with Gasteiger partial charge in [-0.05, 0) is 74.7 Å². The second-order valence-corrected chi connectivity index (χ2v) is 9.11. The first kappa shape index (κ1) is 23.6. The number of aryl methyl sites for hydroxylation is 2. The number of rotatable bonds is 8. The highest BCUT2D eigenvalue weighted by Crippen LogP contribution is 2.34. The van der Waals surface area contributed by atoms with Crippen LogP contribution in [-0.2, 0) is 4.79 Å². The molecule has 0 radical (unpaired) electrons. The molecular weight excluding hydrogens is 450 g/mol. The third-order valence-corrected chi connectivity index (χ3v) is 6.26. The van der Waals surface area contributed by atoms with Crippen molar-refractivity contribution in [3.05, 3.63) is 69.8 Å². The van der Waals surface area contributed by atoms with Crippen LogP contribution in [0.3, 0.4) is 0 Å². The number of nitrogens with zero attached hydrogens (tertiary/aromatic N) is 2. The Morgan fingerprint density at radius 3 is 2.56 bits per heavy atom. The lowest BCUT2D eigenvalue weighted by Crippen LogP contribution is -2.35. The minimum Gasteiger partial charge on any atom is -0.490 e. The van der Waals surface area contributed by atoms with Crippen LogP contribution in [0.2, 0.25) is 0 Å². The van der Waals surface area contributed by atoms with Crippen molar-refractivity contribution in [2.24, 2.45) is 4.99 Å². The van der Waals surface area contributed by atoms with Gasteiger partial charge in [0.15, 0.2) is 16.7 Å². The molecule has 0 aliphatic carbocycles. The first-order valence-corrected chi connectivity index (χ1v) is 11.9. The molecule has 0 atom stereocenters. The zero-order chi connectivity index (χ0) is 24.2. The first-order valence-electron chi connectivity index (χ1n) is 11.0. The molecule has 2 aromatic rings. The maximum Gasteiger partial charge on any atom is 0.283 e. The van der Waals surface area contributed by atoms with Crippen LogP contribution < -0.4 is 14.2 Å². The molecule has 0 unspecified atom stereocenters. The van der Waals surface area contributed by atoms with Crippen LogP contribution in [0, 0.1) is 19.3 Å². The van der Waals surface area contributed by atoms with E-state index >= 15 is 0 Å². The minimum atomic E-state index is -0.423. The van der Waals surface area contributed by atoms with Crippen LogP contribution in [0.25, 0.3) is 6.08 Å². The standard InChI is InChI=1S/C26H27N3O4S/c1-5-31-23-14-19(13-21-24(27)29-15-18(4)34-26(29)28-25(21)30)7-9-22(23)33-11-10-32-20-8-6-16(2)17(3)12-20/h6-9,12-15,27H,5,10-11H2,1-4H3/b21-13-,27-24?. The lowest BCUT2D eigenvalue weighted by atomic mass is 10.1. The number of amides is 1. The third kappa shape index (κ3) is 5.17.